The summed E-state index contributed by atoms with van der Waals surface area (Å²) in [7, 11) is -1.38. The first-order valence-corrected chi connectivity index (χ1v) is 12.2. The molecule has 0 bridgehead atoms. The van der Waals surface area contributed by atoms with Crippen LogP contribution in [0.4, 0.5) is 0 Å². The monoisotopic (exact) mass is 436 g/mol. The second-order valence-corrected chi connectivity index (χ2v) is 10.5. The van der Waals surface area contributed by atoms with E-state index in [2.05, 4.69) is 4.90 Å². The largest absolute Gasteiger partial charge is 0.497 e. The van der Waals surface area contributed by atoms with Gasteiger partial charge in [0, 0.05) is 17.3 Å². The van der Waals surface area contributed by atoms with Gasteiger partial charge in [-0.3, -0.25) is 4.99 Å². The zero-order valence-electron chi connectivity index (χ0n) is 15.4. The van der Waals surface area contributed by atoms with Crippen LogP contribution in [0.15, 0.2) is 53.5 Å². The molecule has 0 aliphatic carbocycles. The Hall–Kier alpha value is -1.70. The summed E-state index contributed by atoms with van der Waals surface area (Å²) in [5, 5.41) is 1.60. The molecule has 2 aliphatic rings. The van der Waals surface area contributed by atoms with Gasteiger partial charge in [0.15, 0.2) is 15.0 Å². The second-order valence-electron chi connectivity index (χ2n) is 7.01. The highest BCUT2D eigenvalue weighted by Gasteiger charge is 2.46. The summed E-state index contributed by atoms with van der Waals surface area (Å²) in [5.74, 6) is 1.91. The van der Waals surface area contributed by atoms with E-state index in [1.807, 2.05) is 48.5 Å². The van der Waals surface area contributed by atoms with Crippen molar-refractivity contribution in [3.63, 3.8) is 0 Å². The Morgan fingerprint density at radius 2 is 1.79 bits per heavy atom. The van der Waals surface area contributed by atoms with Crippen molar-refractivity contribution in [1.29, 1.82) is 0 Å². The van der Waals surface area contributed by atoms with Crippen LogP contribution < -0.4 is 4.74 Å². The van der Waals surface area contributed by atoms with Crippen LogP contribution in [-0.4, -0.2) is 49.2 Å². The van der Waals surface area contributed by atoms with Crippen LogP contribution >= 0.6 is 23.4 Å². The number of sulfone groups is 1. The molecule has 0 spiro atoms. The molecule has 1 saturated heterocycles. The van der Waals surface area contributed by atoms with Crippen molar-refractivity contribution < 1.29 is 13.2 Å². The van der Waals surface area contributed by atoms with E-state index in [9.17, 15) is 8.42 Å². The van der Waals surface area contributed by atoms with E-state index < -0.39 is 9.84 Å². The quantitative estimate of drug-likeness (QED) is 0.716. The second kappa shape index (κ2) is 7.97. The SMILES string of the molecule is COc1ccc(CSC2=N[C@@H]3CS(=O)(=O)C[C@H]3N2Cc2ccc(Cl)cc2)cc1. The van der Waals surface area contributed by atoms with Crippen LogP contribution in [0.2, 0.25) is 5.02 Å². The van der Waals surface area contributed by atoms with Crippen LogP contribution in [0.25, 0.3) is 0 Å². The Kier molecular flexibility index (Phi) is 5.58. The Labute approximate surface area is 174 Å². The van der Waals surface area contributed by atoms with Crippen molar-refractivity contribution in [2.24, 2.45) is 4.99 Å². The molecule has 2 atom stereocenters. The molecule has 0 amide bonds. The number of rotatable bonds is 5. The molecule has 0 radical (unpaired) electrons. The predicted octanol–water partition coefficient (Wildman–Crippen LogP) is 3.62. The normalized spacial score (nSPS) is 22.8. The maximum absolute atomic E-state index is 12.1. The molecule has 4 rings (SSSR count). The van der Waals surface area contributed by atoms with Crippen molar-refractivity contribution in [1.82, 2.24) is 4.90 Å². The highest BCUT2D eigenvalue weighted by atomic mass is 35.5. The third-order valence-electron chi connectivity index (χ3n) is 5.01. The molecule has 0 N–H and O–H groups in total. The smallest absolute Gasteiger partial charge is 0.160 e. The summed E-state index contributed by atoms with van der Waals surface area (Å²) in [6.45, 7) is 0.627. The number of benzene rings is 2. The number of methoxy groups -OCH3 is 1. The number of aliphatic imine (C=N–C) groups is 1. The molecule has 2 heterocycles. The Bertz CT molecular complexity index is 976. The molecule has 2 aromatic carbocycles. The van der Waals surface area contributed by atoms with Gasteiger partial charge < -0.3 is 9.64 Å². The first-order chi connectivity index (χ1) is 13.4. The predicted molar refractivity (Wildman–Crippen MR) is 115 cm³/mol. The molecular formula is C20H21ClN2O3S2. The summed E-state index contributed by atoms with van der Waals surface area (Å²) in [5.41, 5.74) is 2.26. The van der Waals surface area contributed by atoms with Gasteiger partial charge in [-0.25, -0.2) is 8.42 Å². The highest BCUT2D eigenvalue weighted by Crippen LogP contribution is 2.33. The number of ether oxygens (including phenoxy) is 1. The van der Waals surface area contributed by atoms with E-state index in [0.717, 1.165) is 22.2 Å². The van der Waals surface area contributed by atoms with Crippen LogP contribution in [0, 0.1) is 0 Å². The van der Waals surface area contributed by atoms with Crippen molar-refractivity contribution >= 4 is 38.4 Å². The minimum absolute atomic E-state index is 0.0842. The third kappa shape index (κ3) is 4.31. The minimum atomic E-state index is -3.03. The molecule has 28 heavy (non-hydrogen) atoms. The van der Waals surface area contributed by atoms with E-state index in [0.29, 0.717) is 11.6 Å². The van der Waals surface area contributed by atoms with Gasteiger partial charge in [0.1, 0.15) is 5.75 Å². The maximum atomic E-state index is 12.1. The number of hydrogen-bond donors (Lipinski definition) is 0. The first-order valence-electron chi connectivity index (χ1n) is 8.98. The lowest BCUT2D eigenvalue weighted by Gasteiger charge is -2.26. The maximum Gasteiger partial charge on any atom is 0.160 e. The Morgan fingerprint density at radius 1 is 1.11 bits per heavy atom. The van der Waals surface area contributed by atoms with Crippen LogP contribution in [0.3, 0.4) is 0 Å². The van der Waals surface area contributed by atoms with Crippen molar-refractivity contribution in [3.8, 4) is 5.75 Å². The van der Waals surface area contributed by atoms with E-state index in [-0.39, 0.29) is 23.6 Å². The van der Waals surface area contributed by atoms with Gasteiger partial charge in [-0.15, -0.1) is 0 Å². The summed E-state index contributed by atoms with van der Waals surface area (Å²) < 4.78 is 29.4. The summed E-state index contributed by atoms with van der Waals surface area (Å²) in [6, 6.07) is 15.4. The molecule has 0 aromatic heterocycles. The molecule has 148 valence electrons. The van der Waals surface area contributed by atoms with Crippen LogP contribution in [0.1, 0.15) is 11.1 Å². The number of hydrogen-bond acceptors (Lipinski definition) is 6. The number of nitrogens with zero attached hydrogens (tertiary/aromatic N) is 2. The number of thioether (sulfide) groups is 1. The Morgan fingerprint density at radius 3 is 2.46 bits per heavy atom. The summed E-state index contributed by atoms with van der Waals surface area (Å²) in [4.78, 5) is 6.91. The molecule has 2 aliphatic heterocycles. The van der Waals surface area contributed by atoms with Gasteiger partial charge in [-0.05, 0) is 35.4 Å². The fourth-order valence-electron chi connectivity index (χ4n) is 3.55. The number of fused-ring (bicyclic) bond motifs is 1. The average Bonchev–Trinajstić information content (AvgIpc) is 3.14. The lowest BCUT2D eigenvalue weighted by molar-refractivity contribution is 0.343. The van der Waals surface area contributed by atoms with Gasteiger partial charge in [-0.2, -0.15) is 0 Å². The third-order valence-corrected chi connectivity index (χ3v) is 8.04. The van der Waals surface area contributed by atoms with E-state index >= 15 is 0 Å². The average molecular weight is 437 g/mol. The van der Waals surface area contributed by atoms with Crippen molar-refractivity contribution in [3.05, 3.63) is 64.7 Å². The van der Waals surface area contributed by atoms with Gasteiger partial charge in [0.05, 0.1) is 30.7 Å². The number of halogens is 1. The van der Waals surface area contributed by atoms with Crippen LogP contribution in [-0.2, 0) is 22.1 Å². The van der Waals surface area contributed by atoms with Crippen molar-refractivity contribution in [2.45, 2.75) is 24.4 Å². The molecule has 2 aromatic rings. The minimum Gasteiger partial charge on any atom is -0.497 e. The zero-order chi connectivity index (χ0) is 19.7. The summed E-state index contributed by atoms with van der Waals surface area (Å²) >= 11 is 7.65. The fraction of sp³-hybridized carbons (Fsp3) is 0.350. The number of amidine groups is 1. The molecule has 1 fully saturated rings. The molecule has 0 saturated carbocycles. The van der Waals surface area contributed by atoms with Gasteiger partial charge in [0.25, 0.3) is 0 Å². The highest BCUT2D eigenvalue weighted by molar-refractivity contribution is 8.13. The molecule has 0 unspecified atom stereocenters. The van der Waals surface area contributed by atoms with Gasteiger partial charge in [-0.1, -0.05) is 47.6 Å². The molecule has 8 heteroatoms. The lowest BCUT2D eigenvalue weighted by atomic mass is 10.1. The van der Waals surface area contributed by atoms with Crippen molar-refractivity contribution in [2.75, 3.05) is 18.6 Å². The first kappa shape index (κ1) is 19.6. The van der Waals surface area contributed by atoms with Gasteiger partial charge >= 0.3 is 0 Å². The molecule has 5 nitrogen and oxygen atoms in total. The fourth-order valence-corrected chi connectivity index (χ4v) is 6.62. The molecular weight excluding hydrogens is 416 g/mol. The standard InChI is InChI=1S/C20H21ClN2O3S2/c1-26-17-8-4-15(5-9-17)11-27-20-22-18-12-28(24,25)13-19(18)23(20)10-14-2-6-16(21)7-3-14/h2-9,18-19H,10-13H2,1H3/t18-,19-/m1/s1. The van der Waals surface area contributed by atoms with E-state index in [1.54, 1.807) is 18.9 Å². The summed E-state index contributed by atoms with van der Waals surface area (Å²) in [6.07, 6.45) is 0. The van der Waals surface area contributed by atoms with Gasteiger partial charge in [0.2, 0.25) is 0 Å². The topological polar surface area (TPSA) is 59.0 Å². The zero-order valence-corrected chi connectivity index (χ0v) is 17.8. The Balaban J connectivity index is 1.51. The van der Waals surface area contributed by atoms with E-state index in [1.165, 1.54) is 5.56 Å². The van der Waals surface area contributed by atoms with E-state index in [4.69, 9.17) is 21.3 Å². The van der Waals surface area contributed by atoms with Crippen LogP contribution in [0.5, 0.6) is 5.75 Å². The lowest BCUT2D eigenvalue weighted by Crippen LogP contribution is -2.38.